The van der Waals surface area contributed by atoms with Crippen LogP contribution in [0.3, 0.4) is 0 Å². The number of fused-ring (bicyclic) bond motifs is 1. The molecule has 1 heterocycles. The summed E-state index contributed by atoms with van der Waals surface area (Å²) < 4.78 is 13.2. The average molecular weight is 417 g/mol. The van der Waals surface area contributed by atoms with Gasteiger partial charge in [-0.3, -0.25) is 9.69 Å². The van der Waals surface area contributed by atoms with Gasteiger partial charge in [-0.2, -0.15) is 0 Å². The summed E-state index contributed by atoms with van der Waals surface area (Å²) in [6, 6.07) is 20.1. The summed E-state index contributed by atoms with van der Waals surface area (Å²) in [7, 11) is 0. The average Bonchev–Trinajstić information content (AvgIpc) is 3.59. The van der Waals surface area contributed by atoms with Crippen molar-refractivity contribution in [3.63, 3.8) is 0 Å². The van der Waals surface area contributed by atoms with Gasteiger partial charge in [-0.05, 0) is 59.9 Å². The van der Waals surface area contributed by atoms with Crippen molar-refractivity contribution in [2.24, 2.45) is 0 Å². The minimum absolute atomic E-state index is 0.218. The molecule has 1 N–H and O–H groups in total. The molecule has 1 aliphatic heterocycles. The van der Waals surface area contributed by atoms with Gasteiger partial charge in [-0.1, -0.05) is 48.5 Å². The van der Waals surface area contributed by atoms with Crippen LogP contribution in [0.4, 0.5) is 9.18 Å². The second-order valence-electron chi connectivity index (χ2n) is 8.60. The zero-order chi connectivity index (χ0) is 21.6. The molecule has 1 saturated heterocycles. The van der Waals surface area contributed by atoms with E-state index in [0.717, 1.165) is 34.7 Å². The van der Waals surface area contributed by atoms with E-state index in [-0.39, 0.29) is 24.4 Å². The maximum atomic E-state index is 13.4. The molecule has 2 aliphatic rings. The van der Waals surface area contributed by atoms with Crippen LogP contribution in [0.25, 0.3) is 10.8 Å². The van der Waals surface area contributed by atoms with E-state index in [1.807, 2.05) is 42.5 Å². The van der Waals surface area contributed by atoms with E-state index in [0.29, 0.717) is 12.6 Å². The molecule has 3 amide bonds. The minimum Gasteiger partial charge on any atom is -0.319 e. The molecule has 3 aromatic rings. The van der Waals surface area contributed by atoms with Gasteiger partial charge in [0.05, 0.1) is 6.67 Å². The molecule has 1 atom stereocenters. The number of carbonyl (C=O) groups excluding carboxylic acids is 2. The standard InChI is InChI=1S/C25H24FN3O2/c1-25(20-9-8-18-4-2-3-5-19(18)14-20)23(30)29(24(31)27-25)16-28(22-12-13-22)15-17-6-10-21(26)11-7-17/h2-11,14,22H,12-13,15-16H2,1H3,(H,27,31)/t25-/m0/s1. The molecule has 2 fully saturated rings. The number of rotatable bonds is 6. The van der Waals surface area contributed by atoms with E-state index in [2.05, 4.69) is 10.2 Å². The van der Waals surface area contributed by atoms with E-state index in [1.165, 1.54) is 17.0 Å². The van der Waals surface area contributed by atoms with Gasteiger partial charge >= 0.3 is 6.03 Å². The van der Waals surface area contributed by atoms with Gasteiger partial charge in [0.1, 0.15) is 11.4 Å². The first kappa shape index (κ1) is 19.7. The molecule has 158 valence electrons. The van der Waals surface area contributed by atoms with Gasteiger partial charge in [0.15, 0.2) is 0 Å². The molecule has 0 radical (unpaired) electrons. The van der Waals surface area contributed by atoms with Crippen LogP contribution in [0, 0.1) is 5.82 Å². The Labute approximate surface area is 180 Å². The SMILES string of the molecule is C[C@@]1(c2ccc3ccccc3c2)NC(=O)N(CN(Cc2ccc(F)cc2)C2CC2)C1=O. The number of benzene rings is 3. The second-order valence-corrected chi connectivity index (χ2v) is 8.60. The molecule has 0 spiro atoms. The monoisotopic (exact) mass is 417 g/mol. The molecular formula is C25H24FN3O2. The quantitative estimate of drug-likeness (QED) is 0.606. The molecule has 6 heteroatoms. The Bertz CT molecular complexity index is 1160. The summed E-state index contributed by atoms with van der Waals surface area (Å²) in [4.78, 5) is 29.7. The third kappa shape index (κ3) is 3.68. The van der Waals surface area contributed by atoms with Gasteiger partial charge in [-0.15, -0.1) is 0 Å². The summed E-state index contributed by atoms with van der Waals surface area (Å²) in [5.41, 5.74) is 0.618. The zero-order valence-corrected chi connectivity index (χ0v) is 17.3. The lowest BCUT2D eigenvalue weighted by Crippen LogP contribution is -2.44. The fourth-order valence-electron chi connectivity index (χ4n) is 4.26. The highest BCUT2D eigenvalue weighted by molar-refractivity contribution is 6.07. The molecular weight excluding hydrogens is 393 g/mol. The molecule has 1 aliphatic carbocycles. The number of hydrogen-bond acceptors (Lipinski definition) is 3. The Balaban J connectivity index is 1.38. The fraction of sp³-hybridized carbons (Fsp3) is 0.280. The van der Waals surface area contributed by atoms with Crippen molar-refractivity contribution in [3.05, 3.63) is 83.7 Å². The first-order valence-electron chi connectivity index (χ1n) is 10.6. The van der Waals surface area contributed by atoms with E-state index in [1.54, 1.807) is 19.1 Å². The van der Waals surface area contributed by atoms with Crippen molar-refractivity contribution >= 4 is 22.7 Å². The van der Waals surface area contributed by atoms with E-state index >= 15 is 0 Å². The number of nitrogens with zero attached hydrogens (tertiary/aromatic N) is 2. The van der Waals surface area contributed by atoms with E-state index in [9.17, 15) is 14.0 Å². The van der Waals surface area contributed by atoms with Gasteiger partial charge in [0.2, 0.25) is 0 Å². The lowest BCUT2D eigenvalue weighted by Gasteiger charge is -2.27. The number of urea groups is 1. The van der Waals surface area contributed by atoms with Crippen LogP contribution in [0.5, 0.6) is 0 Å². The molecule has 5 nitrogen and oxygen atoms in total. The Morgan fingerprint density at radius 1 is 1.03 bits per heavy atom. The molecule has 31 heavy (non-hydrogen) atoms. The van der Waals surface area contributed by atoms with Crippen LogP contribution in [0.2, 0.25) is 0 Å². The highest BCUT2D eigenvalue weighted by Crippen LogP contribution is 2.33. The maximum Gasteiger partial charge on any atom is 0.326 e. The number of nitrogens with one attached hydrogen (secondary N) is 1. The van der Waals surface area contributed by atoms with E-state index in [4.69, 9.17) is 0 Å². The Morgan fingerprint density at radius 2 is 1.74 bits per heavy atom. The number of hydrogen-bond donors (Lipinski definition) is 1. The molecule has 3 aromatic carbocycles. The Kier molecular flexibility index (Phi) is 4.74. The lowest BCUT2D eigenvalue weighted by atomic mass is 9.90. The maximum absolute atomic E-state index is 13.4. The summed E-state index contributed by atoms with van der Waals surface area (Å²) in [6.07, 6.45) is 2.07. The van der Waals surface area contributed by atoms with Crippen molar-refractivity contribution < 1.29 is 14.0 Å². The van der Waals surface area contributed by atoms with Crippen LogP contribution >= 0.6 is 0 Å². The first-order chi connectivity index (χ1) is 14.9. The summed E-state index contributed by atoms with van der Waals surface area (Å²) in [6.45, 7) is 2.54. The third-order valence-corrected chi connectivity index (χ3v) is 6.29. The number of amides is 3. The van der Waals surface area contributed by atoms with Crippen LogP contribution in [-0.4, -0.2) is 34.4 Å². The van der Waals surface area contributed by atoms with Crippen molar-refractivity contribution in [1.82, 2.24) is 15.1 Å². The van der Waals surface area contributed by atoms with Crippen LogP contribution in [-0.2, 0) is 16.9 Å². The molecule has 5 rings (SSSR count). The van der Waals surface area contributed by atoms with Crippen LogP contribution in [0.15, 0.2) is 66.7 Å². The third-order valence-electron chi connectivity index (χ3n) is 6.29. The first-order valence-corrected chi connectivity index (χ1v) is 10.6. The highest BCUT2D eigenvalue weighted by Gasteiger charge is 2.50. The minimum atomic E-state index is -1.10. The topological polar surface area (TPSA) is 52.7 Å². The van der Waals surface area contributed by atoms with Gasteiger partial charge in [0.25, 0.3) is 5.91 Å². The zero-order valence-electron chi connectivity index (χ0n) is 17.3. The van der Waals surface area contributed by atoms with Crippen molar-refractivity contribution in [1.29, 1.82) is 0 Å². The van der Waals surface area contributed by atoms with Crippen LogP contribution < -0.4 is 5.32 Å². The molecule has 0 unspecified atom stereocenters. The number of imide groups is 1. The normalized spacial score (nSPS) is 21.2. The molecule has 1 saturated carbocycles. The van der Waals surface area contributed by atoms with Crippen molar-refractivity contribution in [2.45, 2.75) is 37.9 Å². The highest BCUT2D eigenvalue weighted by atomic mass is 19.1. The second kappa shape index (κ2) is 7.46. The summed E-state index contributed by atoms with van der Waals surface area (Å²) in [5.74, 6) is -0.528. The van der Waals surface area contributed by atoms with Gasteiger partial charge < -0.3 is 5.32 Å². The molecule has 0 aromatic heterocycles. The van der Waals surface area contributed by atoms with Gasteiger partial charge in [-0.25, -0.2) is 14.1 Å². The smallest absolute Gasteiger partial charge is 0.319 e. The van der Waals surface area contributed by atoms with E-state index < -0.39 is 5.54 Å². The fourth-order valence-corrected chi connectivity index (χ4v) is 4.26. The van der Waals surface area contributed by atoms with Gasteiger partial charge in [0, 0.05) is 12.6 Å². The summed E-state index contributed by atoms with van der Waals surface area (Å²) >= 11 is 0. The van der Waals surface area contributed by atoms with Crippen molar-refractivity contribution in [2.75, 3.05) is 6.67 Å². The van der Waals surface area contributed by atoms with Crippen LogP contribution in [0.1, 0.15) is 30.9 Å². The Morgan fingerprint density at radius 3 is 2.45 bits per heavy atom. The largest absolute Gasteiger partial charge is 0.326 e. The van der Waals surface area contributed by atoms with Crippen molar-refractivity contribution in [3.8, 4) is 0 Å². The molecule has 0 bridgehead atoms. The lowest BCUT2D eigenvalue weighted by molar-refractivity contribution is -0.132. The predicted octanol–water partition coefficient (Wildman–Crippen LogP) is 4.37. The number of carbonyl (C=O) groups is 2. The Hall–Kier alpha value is -3.25. The number of halogens is 1. The predicted molar refractivity (Wildman–Crippen MR) is 117 cm³/mol. The summed E-state index contributed by atoms with van der Waals surface area (Å²) in [5, 5.41) is 5.02.